The number of aromatic nitrogens is 4. The lowest BCUT2D eigenvalue weighted by molar-refractivity contribution is 0.126. The molecule has 2 saturated heterocycles. The van der Waals surface area contributed by atoms with Crippen LogP contribution in [-0.2, 0) is 0 Å². The van der Waals surface area contributed by atoms with Crippen molar-refractivity contribution < 1.29 is 4.39 Å². The first-order chi connectivity index (χ1) is 15.4. The summed E-state index contributed by atoms with van der Waals surface area (Å²) in [5.41, 5.74) is 4.47. The van der Waals surface area contributed by atoms with Gasteiger partial charge in [-0.1, -0.05) is 0 Å². The van der Waals surface area contributed by atoms with E-state index in [1.807, 2.05) is 36.1 Å². The van der Waals surface area contributed by atoms with Gasteiger partial charge in [-0.2, -0.15) is 5.10 Å². The number of halogens is 1. The molecule has 0 saturated carbocycles. The molecule has 0 radical (unpaired) electrons. The van der Waals surface area contributed by atoms with Gasteiger partial charge in [0, 0.05) is 55.9 Å². The lowest BCUT2D eigenvalue weighted by Crippen LogP contribution is -2.58. The van der Waals surface area contributed by atoms with Crippen molar-refractivity contribution in [1.29, 1.82) is 0 Å². The summed E-state index contributed by atoms with van der Waals surface area (Å²) >= 11 is 0. The molecule has 2 fully saturated rings. The van der Waals surface area contributed by atoms with Gasteiger partial charge in [-0.05, 0) is 62.8 Å². The molecular formula is C24H30FN7. The number of rotatable bonds is 5. The molecule has 0 amide bonds. The van der Waals surface area contributed by atoms with Crippen molar-refractivity contribution in [3.63, 3.8) is 0 Å². The molecule has 0 aliphatic carbocycles. The second-order valence-corrected chi connectivity index (χ2v) is 9.41. The van der Waals surface area contributed by atoms with E-state index in [1.165, 1.54) is 6.07 Å². The van der Waals surface area contributed by atoms with Gasteiger partial charge >= 0.3 is 0 Å². The SMILES string of the molecule is Cc1cnc(Nc2ccc(N3CCC4(CC3)CNC4)c(F)c2)nc1-c1cnn(C(C)C)c1. The lowest BCUT2D eigenvalue weighted by atomic mass is 9.73. The van der Waals surface area contributed by atoms with E-state index >= 15 is 0 Å². The summed E-state index contributed by atoms with van der Waals surface area (Å²) in [5, 5.41) is 10.9. The molecule has 2 N–H and O–H groups in total. The largest absolute Gasteiger partial charge is 0.369 e. The Morgan fingerprint density at radius 3 is 2.56 bits per heavy atom. The van der Waals surface area contributed by atoms with Crippen LogP contribution in [0.2, 0.25) is 0 Å². The third-order valence-corrected chi connectivity index (χ3v) is 6.74. The predicted octanol–water partition coefficient (Wildman–Crippen LogP) is 4.30. The van der Waals surface area contributed by atoms with Crippen molar-refractivity contribution in [2.24, 2.45) is 5.41 Å². The molecule has 1 aromatic carbocycles. The Labute approximate surface area is 188 Å². The summed E-state index contributed by atoms with van der Waals surface area (Å²) in [6.45, 7) is 10.1. The van der Waals surface area contributed by atoms with Crippen LogP contribution in [0.4, 0.5) is 21.7 Å². The molecule has 168 valence electrons. The molecule has 32 heavy (non-hydrogen) atoms. The van der Waals surface area contributed by atoms with Crippen LogP contribution in [0.5, 0.6) is 0 Å². The highest BCUT2D eigenvalue weighted by Crippen LogP contribution is 2.37. The van der Waals surface area contributed by atoms with E-state index in [9.17, 15) is 4.39 Å². The second kappa shape index (κ2) is 8.16. The fourth-order valence-corrected chi connectivity index (χ4v) is 4.56. The van der Waals surface area contributed by atoms with Crippen molar-refractivity contribution in [3.05, 3.63) is 48.2 Å². The normalized spacial score (nSPS) is 17.6. The standard InChI is InChI=1S/C24H30FN7/c1-16(2)32-13-18(12-28-32)22-17(3)11-27-23(30-22)29-19-4-5-21(20(25)10-19)31-8-6-24(7-9-31)14-26-15-24/h4-5,10-13,16,26H,6-9,14-15H2,1-3H3,(H,27,29,30). The Morgan fingerprint density at radius 1 is 1.16 bits per heavy atom. The molecule has 2 aromatic heterocycles. The average molecular weight is 436 g/mol. The van der Waals surface area contributed by atoms with Gasteiger partial charge in [0.1, 0.15) is 5.82 Å². The fourth-order valence-electron chi connectivity index (χ4n) is 4.56. The minimum Gasteiger partial charge on any atom is -0.369 e. The number of hydrogen-bond acceptors (Lipinski definition) is 6. The quantitative estimate of drug-likeness (QED) is 0.623. The lowest BCUT2D eigenvalue weighted by Gasteiger charge is -2.49. The van der Waals surface area contributed by atoms with Crippen LogP contribution >= 0.6 is 0 Å². The van der Waals surface area contributed by atoms with Crippen LogP contribution in [0.15, 0.2) is 36.8 Å². The van der Waals surface area contributed by atoms with Crippen molar-refractivity contribution in [3.8, 4) is 11.3 Å². The summed E-state index contributed by atoms with van der Waals surface area (Å²) in [7, 11) is 0. The number of benzene rings is 1. The smallest absolute Gasteiger partial charge is 0.227 e. The van der Waals surface area contributed by atoms with Crippen LogP contribution in [0.25, 0.3) is 11.3 Å². The van der Waals surface area contributed by atoms with Crippen LogP contribution in [0, 0.1) is 18.2 Å². The van der Waals surface area contributed by atoms with Crippen molar-refractivity contribution in [2.75, 3.05) is 36.4 Å². The maximum Gasteiger partial charge on any atom is 0.227 e. The number of piperidine rings is 1. The van der Waals surface area contributed by atoms with Gasteiger partial charge in [0.25, 0.3) is 0 Å². The number of aryl methyl sites for hydroxylation is 1. The van der Waals surface area contributed by atoms with Crippen molar-refractivity contribution >= 4 is 17.3 Å². The van der Waals surface area contributed by atoms with Gasteiger partial charge < -0.3 is 15.5 Å². The van der Waals surface area contributed by atoms with Gasteiger partial charge in [0.2, 0.25) is 5.95 Å². The predicted molar refractivity (Wildman–Crippen MR) is 125 cm³/mol. The molecule has 3 aromatic rings. The fraction of sp³-hybridized carbons (Fsp3) is 0.458. The number of nitrogens with zero attached hydrogens (tertiary/aromatic N) is 5. The Balaban J connectivity index is 1.31. The number of nitrogens with one attached hydrogen (secondary N) is 2. The Kier molecular flexibility index (Phi) is 5.33. The highest BCUT2D eigenvalue weighted by Gasteiger charge is 2.39. The summed E-state index contributed by atoms with van der Waals surface area (Å²) in [4.78, 5) is 11.2. The Bertz CT molecular complexity index is 1110. The van der Waals surface area contributed by atoms with Crippen LogP contribution in [0.1, 0.15) is 38.3 Å². The summed E-state index contributed by atoms with van der Waals surface area (Å²) in [6.07, 6.45) is 7.82. The zero-order chi connectivity index (χ0) is 22.3. The summed E-state index contributed by atoms with van der Waals surface area (Å²) in [6, 6.07) is 5.56. The third kappa shape index (κ3) is 3.95. The average Bonchev–Trinajstić information content (AvgIpc) is 3.25. The molecular weight excluding hydrogens is 405 g/mol. The minimum absolute atomic E-state index is 0.219. The molecule has 4 heterocycles. The summed E-state index contributed by atoms with van der Waals surface area (Å²) < 4.78 is 16.9. The van der Waals surface area contributed by atoms with E-state index in [0.29, 0.717) is 22.7 Å². The van der Waals surface area contributed by atoms with E-state index in [2.05, 4.69) is 44.4 Å². The first kappa shape index (κ1) is 20.9. The van der Waals surface area contributed by atoms with Gasteiger partial charge in [0.15, 0.2) is 0 Å². The Morgan fingerprint density at radius 2 is 1.94 bits per heavy atom. The highest BCUT2D eigenvalue weighted by molar-refractivity contribution is 5.65. The van der Waals surface area contributed by atoms with Crippen LogP contribution in [0.3, 0.4) is 0 Å². The summed E-state index contributed by atoms with van der Waals surface area (Å²) in [5.74, 6) is 0.218. The molecule has 2 aliphatic heterocycles. The minimum atomic E-state index is -0.219. The first-order valence-corrected chi connectivity index (χ1v) is 11.3. The zero-order valence-electron chi connectivity index (χ0n) is 18.9. The highest BCUT2D eigenvalue weighted by atomic mass is 19.1. The van der Waals surface area contributed by atoms with Gasteiger partial charge in [-0.3, -0.25) is 4.68 Å². The van der Waals surface area contributed by atoms with Gasteiger partial charge in [-0.25, -0.2) is 14.4 Å². The molecule has 0 atom stereocenters. The van der Waals surface area contributed by atoms with Gasteiger partial charge in [-0.15, -0.1) is 0 Å². The van der Waals surface area contributed by atoms with E-state index in [1.54, 1.807) is 6.20 Å². The molecule has 0 unspecified atom stereocenters. The second-order valence-electron chi connectivity index (χ2n) is 9.41. The van der Waals surface area contributed by atoms with E-state index in [0.717, 1.165) is 55.8 Å². The molecule has 5 rings (SSSR count). The van der Waals surface area contributed by atoms with E-state index in [4.69, 9.17) is 0 Å². The monoisotopic (exact) mass is 435 g/mol. The van der Waals surface area contributed by atoms with E-state index in [-0.39, 0.29) is 11.9 Å². The zero-order valence-corrected chi connectivity index (χ0v) is 18.9. The number of hydrogen-bond donors (Lipinski definition) is 2. The van der Waals surface area contributed by atoms with E-state index < -0.39 is 0 Å². The molecule has 8 heteroatoms. The van der Waals surface area contributed by atoms with Crippen LogP contribution in [-0.4, -0.2) is 45.9 Å². The van der Waals surface area contributed by atoms with Crippen molar-refractivity contribution in [1.82, 2.24) is 25.1 Å². The van der Waals surface area contributed by atoms with Crippen LogP contribution < -0.4 is 15.5 Å². The first-order valence-electron chi connectivity index (χ1n) is 11.3. The molecule has 0 bridgehead atoms. The molecule has 7 nitrogen and oxygen atoms in total. The number of anilines is 3. The third-order valence-electron chi connectivity index (χ3n) is 6.74. The topological polar surface area (TPSA) is 70.9 Å². The molecule has 1 spiro atoms. The maximum atomic E-state index is 15.0. The maximum absolute atomic E-state index is 15.0. The Hall–Kier alpha value is -3.00. The molecule has 2 aliphatic rings. The van der Waals surface area contributed by atoms with Gasteiger partial charge in [0.05, 0.1) is 17.6 Å². The van der Waals surface area contributed by atoms with Crippen molar-refractivity contribution in [2.45, 2.75) is 39.7 Å².